The van der Waals surface area contributed by atoms with Crippen LogP contribution in [0.4, 0.5) is 27.6 Å². The Labute approximate surface area is 280 Å². The molecule has 0 fully saturated rings. The third-order valence-electron chi connectivity index (χ3n) is 6.70. The predicted molar refractivity (Wildman–Crippen MR) is 163 cm³/mol. The minimum Gasteiger partial charge on any atom is -0.480 e. The molecule has 2 atom stereocenters. The molecule has 0 bridgehead atoms. The number of aliphatic carboxylic acids is 1. The highest BCUT2D eigenvalue weighted by atomic mass is 35.5. The van der Waals surface area contributed by atoms with Gasteiger partial charge in [0, 0.05) is 5.56 Å². The van der Waals surface area contributed by atoms with E-state index in [0.717, 1.165) is 0 Å². The van der Waals surface area contributed by atoms with E-state index in [1.807, 2.05) is 5.43 Å². The molecule has 49 heavy (non-hydrogen) atoms. The fraction of sp³-hybridized carbons (Fsp3) is 0.258. The number of ether oxygens (including phenoxy) is 1. The molecule has 0 saturated heterocycles. The number of hydrogen-bond donors (Lipinski definition) is 5. The van der Waals surface area contributed by atoms with Gasteiger partial charge in [0.1, 0.15) is 18.6 Å². The maximum absolute atomic E-state index is 14.0. The van der Waals surface area contributed by atoms with Gasteiger partial charge in [-0.15, -0.1) is 0 Å². The number of amides is 4. The van der Waals surface area contributed by atoms with E-state index < -0.39 is 95.1 Å². The van der Waals surface area contributed by atoms with Gasteiger partial charge in [-0.3, -0.25) is 29.4 Å². The second kappa shape index (κ2) is 15.6. The SMILES string of the molecule is CC(C)(C)[C@H](NC(=O)c1ccc(N)c(Cl)c1)C(=O)N[C@@H](C(=O)NN(CC(=O)O)C(=O)COc1c(F)c(F)c(F)c(F)c1F)c1ccccc1. The topological polar surface area (TPSA) is 180 Å². The van der Waals surface area contributed by atoms with E-state index in [4.69, 9.17) is 17.3 Å². The predicted octanol–water partition coefficient (Wildman–Crippen LogP) is 3.64. The molecule has 0 aliphatic rings. The summed E-state index contributed by atoms with van der Waals surface area (Å²) in [7, 11) is 0. The highest BCUT2D eigenvalue weighted by molar-refractivity contribution is 6.33. The lowest BCUT2D eigenvalue weighted by Gasteiger charge is -2.32. The number of halogens is 6. The summed E-state index contributed by atoms with van der Waals surface area (Å²) in [4.78, 5) is 64.6. The molecule has 0 aromatic heterocycles. The number of benzene rings is 3. The van der Waals surface area contributed by atoms with Crippen molar-refractivity contribution in [1.82, 2.24) is 21.1 Å². The van der Waals surface area contributed by atoms with Crippen molar-refractivity contribution < 1.29 is 55.8 Å². The van der Waals surface area contributed by atoms with Gasteiger partial charge in [0.25, 0.3) is 17.7 Å². The molecule has 0 unspecified atom stereocenters. The fourth-order valence-corrected chi connectivity index (χ4v) is 4.36. The molecule has 3 rings (SSSR count). The van der Waals surface area contributed by atoms with Gasteiger partial charge in [-0.1, -0.05) is 62.7 Å². The molecule has 3 aromatic rings. The Balaban J connectivity index is 1.87. The van der Waals surface area contributed by atoms with Crippen molar-refractivity contribution in [3.05, 3.63) is 93.8 Å². The summed E-state index contributed by atoms with van der Waals surface area (Å²) in [5, 5.41) is 14.6. The lowest BCUT2D eigenvalue weighted by atomic mass is 9.85. The van der Waals surface area contributed by atoms with E-state index in [9.17, 15) is 51.0 Å². The lowest BCUT2D eigenvalue weighted by Crippen LogP contribution is -2.57. The van der Waals surface area contributed by atoms with Crippen LogP contribution in [0.15, 0.2) is 48.5 Å². The number of carbonyl (C=O) groups is 5. The number of nitrogens with two attached hydrogens (primary N) is 1. The Morgan fingerprint density at radius 1 is 0.878 bits per heavy atom. The minimum atomic E-state index is -2.48. The van der Waals surface area contributed by atoms with Gasteiger partial charge in [0.05, 0.1) is 10.7 Å². The standard InChI is InChI=1S/C31H29ClF5N5O7/c1-31(2,3)27(40-28(46)15-9-10-17(38)16(32)11-15)30(48)39-25(14-7-5-4-6-8-14)29(47)41-42(12-19(44)45)18(43)13-49-26-23(36)21(34)20(33)22(35)24(26)37/h4-11,25,27H,12-13,38H2,1-3H3,(H,39,48)(H,40,46)(H,41,47)(H,44,45)/t25-,27-/m1/s1. The van der Waals surface area contributed by atoms with Crippen molar-refractivity contribution >= 4 is 46.9 Å². The average molecular weight is 714 g/mol. The van der Waals surface area contributed by atoms with Crippen LogP contribution in [0.25, 0.3) is 0 Å². The molecular weight excluding hydrogens is 685 g/mol. The Morgan fingerprint density at radius 3 is 1.98 bits per heavy atom. The molecule has 4 amide bonds. The van der Waals surface area contributed by atoms with E-state index in [-0.39, 0.29) is 26.8 Å². The Hall–Kier alpha value is -5.45. The number of anilines is 1. The molecule has 0 spiro atoms. The second-order valence-electron chi connectivity index (χ2n) is 11.4. The van der Waals surface area contributed by atoms with Crippen molar-refractivity contribution in [3.8, 4) is 5.75 Å². The molecule has 0 heterocycles. The molecule has 0 radical (unpaired) electrons. The fourth-order valence-electron chi connectivity index (χ4n) is 4.18. The second-order valence-corrected chi connectivity index (χ2v) is 11.8. The maximum Gasteiger partial charge on any atom is 0.325 e. The third-order valence-corrected chi connectivity index (χ3v) is 7.02. The van der Waals surface area contributed by atoms with Crippen LogP contribution in [0.5, 0.6) is 5.75 Å². The number of hydrogen-bond acceptors (Lipinski definition) is 7. The number of nitrogens with one attached hydrogen (secondary N) is 3. The van der Waals surface area contributed by atoms with Crippen molar-refractivity contribution in [3.63, 3.8) is 0 Å². The summed E-state index contributed by atoms with van der Waals surface area (Å²) < 4.78 is 73.1. The molecule has 18 heteroatoms. The largest absolute Gasteiger partial charge is 0.480 e. The molecule has 262 valence electrons. The quantitative estimate of drug-likeness (QED) is 0.0657. The number of carbonyl (C=O) groups excluding carboxylic acids is 4. The number of rotatable bonds is 11. The van der Waals surface area contributed by atoms with Crippen LogP contribution in [0.1, 0.15) is 42.7 Å². The normalized spacial score (nSPS) is 12.3. The van der Waals surface area contributed by atoms with Crippen LogP contribution in [0, 0.1) is 34.5 Å². The van der Waals surface area contributed by atoms with Crippen molar-refractivity contribution in [2.45, 2.75) is 32.9 Å². The molecule has 0 saturated carbocycles. The highest BCUT2D eigenvalue weighted by Gasteiger charge is 2.37. The Kier molecular flexibility index (Phi) is 12.1. The van der Waals surface area contributed by atoms with Gasteiger partial charge in [0.2, 0.25) is 35.0 Å². The van der Waals surface area contributed by atoms with Gasteiger partial charge >= 0.3 is 5.97 Å². The summed E-state index contributed by atoms with van der Waals surface area (Å²) in [6.07, 6.45) is 0. The van der Waals surface area contributed by atoms with Crippen LogP contribution < -0.4 is 26.5 Å². The first-order valence-electron chi connectivity index (χ1n) is 14.0. The summed E-state index contributed by atoms with van der Waals surface area (Å²) in [5.74, 6) is -19.8. The van der Waals surface area contributed by atoms with Crippen LogP contribution in [0.2, 0.25) is 5.02 Å². The van der Waals surface area contributed by atoms with Crippen molar-refractivity contribution in [2.75, 3.05) is 18.9 Å². The molecule has 0 aliphatic carbocycles. The zero-order valence-corrected chi connectivity index (χ0v) is 26.6. The van der Waals surface area contributed by atoms with Crippen LogP contribution in [-0.4, -0.2) is 58.9 Å². The van der Waals surface area contributed by atoms with E-state index in [1.165, 1.54) is 42.5 Å². The Morgan fingerprint density at radius 2 is 1.45 bits per heavy atom. The molecule has 12 nitrogen and oxygen atoms in total. The summed E-state index contributed by atoms with van der Waals surface area (Å²) in [6, 6.07) is 8.46. The van der Waals surface area contributed by atoms with Crippen LogP contribution in [-0.2, 0) is 19.2 Å². The van der Waals surface area contributed by atoms with Gasteiger partial charge in [0.15, 0.2) is 12.4 Å². The third kappa shape index (κ3) is 9.34. The molecular formula is C31H29ClF5N5O7. The number of carboxylic acids is 1. The van der Waals surface area contributed by atoms with E-state index in [0.29, 0.717) is 0 Å². The van der Waals surface area contributed by atoms with Gasteiger partial charge in [-0.25, -0.2) is 18.2 Å². The number of hydrazine groups is 1. The summed E-state index contributed by atoms with van der Waals surface area (Å²) in [5.41, 5.74) is 7.09. The van der Waals surface area contributed by atoms with Crippen molar-refractivity contribution in [1.29, 1.82) is 0 Å². The smallest absolute Gasteiger partial charge is 0.325 e. The van der Waals surface area contributed by atoms with Gasteiger partial charge in [-0.2, -0.15) is 8.78 Å². The van der Waals surface area contributed by atoms with E-state index >= 15 is 0 Å². The first-order chi connectivity index (χ1) is 22.8. The minimum absolute atomic E-state index is 0.0644. The van der Waals surface area contributed by atoms with E-state index in [1.54, 1.807) is 26.8 Å². The zero-order chi connectivity index (χ0) is 36.8. The first kappa shape index (κ1) is 38.0. The van der Waals surface area contributed by atoms with E-state index in [2.05, 4.69) is 15.4 Å². The number of nitrogen functional groups attached to an aromatic ring is 1. The number of nitrogens with zero attached hydrogens (tertiary/aromatic N) is 1. The van der Waals surface area contributed by atoms with Gasteiger partial charge < -0.3 is 26.2 Å². The average Bonchev–Trinajstić information content (AvgIpc) is 3.04. The van der Waals surface area contributed by atoms with Crippen molar-refractivity contribution in [2.24, 2.45) is 5.41 Å². The number of carboxylic acid groups (broad SMARTS) is 1. The maximum atomic E-state index is 14.0. The molecule has 6 N–H and O–H groups in total. The lowest BCUT2D eigenvalue weighted by molar-refractivity contribution is -0.151. The Bertz CT molecular complexity index is 1750. The highest BCUT2D eigenvalue weighted by Crippen LogP contribution is 2.29. The molecule has 3 aromatic carbocycles. The monoisotopic (exact) mass is 713 g/mol. The van der Waals surface area contributed by atoms with Crippen LogP contribution in [0.3, 0.4) is 0 Å². The zero-order valence-electron chi connectivity index (χ0n) is 25.9. The molecule has 0 aliphatic heterocycles. The van der Waals surface area contributed by atoms with Crippen LogP contribution >= 0.6 is 11.6 Å². The first-order valence-corrected chi connectivity index (χ1v) is 14.4. The summed E-state index contributed by atoms with van der Waals surface area (Å²) >= 11 is 6.02. The summed E-state index contributed by atoms with van der Waals surface area (Å²) in [6.45, 7) is 2.07. The van der Waals surface area contributed by atoms with Gasteiger partial charge in [-0.05, 0) is 29.2 Å².